The molecule has 0 atom stereocenters. The Labute approximate surface area is 128 Å². The second-order valence-electron chi connectivity index (χ2n) is 5.97. The van der Waals surface area contributed by atoms with Crippen LogP contribution in [0.4, 0.5) is 4.39 Å². The van der Waals surface area contributed by atoms with E-state index in [1.165, 1.54) is 76.7 Å². The molecule has 1 aliphatic heterocycles. The van der Waals surface area contributed by atoms with E-state index < -0.39 is 0 Å². The fourth-order valence-corrected chi connectivity index (χ4v) is 2.87. The first-order chi connectivity index (χ1) is 10.3. The third kappa shape index (κ3) is 6.94. The van der Waals surface area contributed by atoms with Crippen molar-refractivity contribution in [2.45, 2.75) is 51.4 Å². The number of benzene rings is 1. The van der Waals surface area contributed by atoms with Gasteiger partial charge in [0, 0.05) is 0 Å². The molecule has 1 saturated heterocycles. The molecule has 1 aliphatic rings. The van der Waals surface area contributed by atoms with Crippen LogP contribution in [-0.4, -0.2) is 31.1 Å². The molecule has 2 rings (SSSR count). The number of hydrogen-bond donors (Lipinski definition) is 0. The third-order valence-corrected chi connectivity index (χ3v) is 4.15. The summed E-state index contributed by atoms with van der Waals surface area (Å²) < 4.78 is 18.3. The Hall–Kier alpha value is -1.09. The van der Waals surface area contributed by atoms with Crippen LogP contribution in [0.5, 0.6) is 5.75 Å². The van der Waals surface area contributed by atoms with Crippen LogP contribution >= 0.6 is 0 Å². The summed E-state index contributed by atoms with van der Waals surface area (Å²) in [4.78, 5) is 2.63. The minimum Gasteiger partial charge on any atom is -0.494 e. The molecule has 1 aromatic carbocycles. The smallest absolute Gasteiger partial charge is 0.123 e. The van der Waals surface area contributed by atoms with E-state index in [-0.39, 0.29) is 5.82 Å². The van der Waals surface area contributed by atoms with Gasteiger partial charge in [0.1, 0.15) is 11.6 Å². The Morgan fingerprint density at radius 3 is 2.24 bits per heavy atom. The lowest BCUT2D eigenvalue weighted by Crippen LogP contribution is -2.25. The number of likely N-dealkylation sites (tertiary alicyclic amines) is 1. The normalized spacial score (nSPS) is 16.6. The van der Waals surface area contributed by atoms with Gasteiger partial charge < -0.3 is 9.64 Å². The number of ether oxygens (including phenoxy) is 1. The van der Waals surface area contributed by atoms with Gasteiger partial charge in [-0.05, 0) is 69.6 Å². The Bertz CT molecular complexity index is 371. The predicted molar refractivity (Wildman–Crippen MR) is 85.3 cm³/mol. The molecule has 21 heavy (non-hydrogen) atoms. The lowest BCUT2D eigenvalue weighted by molar-refractivity contribution is 0.272. The van der Waals surface area contributed by atoms with Gasteiger partial charge >= 0.3 is 0 Å². The van der Waals surface area contributed by atoms with Crippen molar-refractivity contribution in [1.82, 2.24) is 4.90 Å². The van der Waals surface area contributed by atoms with Crippen molar-refractivity contribution in [1.29, 1.82) is 0 Å². The summed E-state index contributed by atoms with van der Waals surface area (Å²) in [5.74, 6) is 0.553. The average Bonchev–Trinajstić information content (AvgIpc) is 2.77. The summed E-state index contributed by atoms with van der Waals surface area (Å²) in [5, 5.41) is 0. The van der Waals surface area contributed by atoms with E-state index in [4.69, 9.17) is 4.74 Å². The molecule has 0 aliphatic carbocycles. The molecule has 0 bridgehead atoms. The minimum atomic E-state index is -0.212. The number of halogens is 1. The van der Waals surface area contributed by atoms with E-state index in [0.29, 0.717) is 0 Å². The van der Waals surface area contributed by atoms with Crippen LogP contribution in [0.1, 0.15) is 51.4 Å². The first kappa shape index (κ1) is 16.3. The van der Waals surface area contributed by atoms with Gasteiger partial charge in [0.15, 0.2) is 0 Å². The van der Waals surface area contributed by atoms with Gasteiger partial charge in [-0.25, -0.2) is 4.39 Å². The van der Waals surface area contributed by atoms with E-state index in [0.717, 1.165) is 18.8 Å². The topological polar surface area (TPSA) is 12.5 Å². The molecule has 3 heteroatoms. The van der Waals surface area contributed by atoms with Gasteiger partial charge in [0.25, 0.3) is 0 Å². The molecule has 1 aromatic rings. The highest BCUT2D eigenvalue weighted by Gasteiger charge is 2.07. The first-order valence-corrected chi connectivity index (χ1v) is 8.45. The van der Waals surface area contributed by atoms with Crippen LogP contribution in [0.2, 0.25) is 0 Å². The summed E-state index contributed by atoms with van der Waals surface area (Å²) in [7, 11) is 0. The van der Waals surface area contributed by atoms with Crippen molar-refractivity contribution in [3.05, 3.63) is 30.1 Å². The molecule has 0 radical (unpaired) electrons. The van der Waals surface area contributed by atoms with Crippen molar-refractivity contribution in [2.24, 2.45) is 0 Å². The number of hydrogen-bond acceptors (Lipinski definition) is 2. The van der Waals surface area contributed by atoms with Crippen molar-refractivity contribution < 1.29 is 9.13 Å². The fourth-order valence-electron chi connectivity index (χ4n) is 2.87. The molecule has 1 fully saturated rings. The lowest BCUT2D eigenvalue weighted by Gasteiger charge is -2.19. The Kier molecular flexibility index (Phi) is 7.58. The fraction of sp³-hybridized carbons (Fsp3) is 0.667. The van der Waals surface area contributed by atoms with E-state index >= 15 is 0 Å². The van der Waals surface area contributed by atoms with E-state index in [2.05, 4.69) is 4.90 Å². The predicted octanol–water partition coefficient (Wildman–Crippen LogP) is 4.64. The second kappa shape index (κ2) is 9.78. The molecule has 118 valence electrons. The monoisotopic (exact) mass is 293 g/mol. The Morgan fingerprint density at radius 1 is 0.857 bits per heavy atom. The molecular weight excluding hydrogens is 265 g/mol. The van der Waals surface area contributed by atoms with Gasteiger partial charge in [-0.3, -0.25) is 0 Å². The number of nitrogens with zero attached hydrogens (tertiary/aromatic N) is 1. The van der Waals surface area contributed by atoms with E-state index in [1.807, 2.05) is 0 Å². The van der Waals surface area contributed by atoms with Crippen molar-refractivity contribution >= 4 is 0 Å². The standard InChI is InChI=1S/C18H28FNO/c19-17-9-11-18(12-10-17)21-16-8-4-3-7-15-20-13-5-1-2-6-14-20/h9-12H,1-8,13-16H2. The highest BCUT2D eigenvalue weighted by atomic mass is 19.1. The minimum absolute atomic E-state index is 0.212. The summed E-state index contributed by atoms with van der Waals surface area (Å²) in [5.41, 5.74) is 0. The highest BCUT2D eigenvalue weighted by Crippen LogP contribution is 2.13. The number of rotatable bonds is 8. The molecule has 0 aromatic heterocycles. The van der Waals surface area contributed by atoms with Crippen LogP contribution < -0.4 is 4.74 Å². The van der Waals surface area contributed by atoms with E-state index in [1.54, 1.807) is 12.1 Å². The van der Waals surface area contributed by atoms with Crippen LogP contribution in [0.3, 0.4) is 0 Å². The van der Waals surface area contributed by atoms with Crippen LogP contribution in [0.25, 0.3) is 0 Å². The second-order valence-corrected chi connectivity index (χ2v) is 5.97. The molecule has 0 unspecified atom stereocenters. The molecule has 2 nitrogen and oxygen atoms in total. The van der Waals surface area contributed by atoms with Crippen LogP contribution in [0, 0.1) is 5.82 Å². The summed E-state index contributed by atoms with van der Waals surface area (Å²) in [6.07, 6.45) is 10.5. The van der Waals surface area contributed by atoms with Gasteiger partial charge in [-0.15, -0.1) is 0 Å². The van der Waals surface area contributed by atoms with Gasteiger partial charge in [-0.2, -0.15) is 0 Å². The zero-order valence-corrected chi connectivity index (χ0v) is 13.0. The SMILES string of the molecule is Fc1ccc(OCCCCCCN2CCCCCC2)cc1. The first-order valence-electron chi connectivity index (χ1n) is 8.45. The summed E-state index contributed by atoms with van der Waals surface area (Å²) in [6, 6.07) is 6.26. The molecule has 1 heterocycles. The van der Waals surface area contributed by atoms with Crippen LogP contribution in [0.15, 0.2) is 24.3 Å². The maximum atomic E-state index is 12.7. The van der Waals surface area contributed by atoms with Crippen molar-refractivity contribution in [2.75, 3.05) is 26.2 Å². The summed E-state index contributed by atoms with van der Waals surface area (Å²) >= 11 is 0. The average molecular weight is 293 g/mol. The molecule has 0 spiro atoms. The Morgan fingerprint density at radius 2 is 1.52 bits per heavy atom. The van der Waals surface area contributed by atoms with E-state index in [9.17, 15) is 4.39 Å². The van der Waals surface area contributed by atoms with Gasteiger partial charge in [0.2, 0.25) is 0 Å². The molecule has 0 amide bonds. The zero-order valence-electron chi connectivity index (χ0n) is 13.0. The quantitative estimate of drug-likeness (QED) is 0.647. The summed E-state index contributed by atoms with van der Waals surface area (Å²) in [6.45, 7) is 4.59. The molecule has 0 N–H and O–H groups in total. The van der Waals surface area contributed by atoms with Gasteiger partial charge in [-0.1, -0.05) is 25.7 Å². The maximum Gasteiger partial charge on any atom is 0.123 e. The lowest BCUT2D eigenvalue weighted by atomic mass is 10.2. The zero-order chi connectivity index (χ0) is 14.8. The van der Waals surface area contributed by atoms with Crippen LogP contribution in [-0.2, 0) is 0 Å². The molecular formula is C18H28FNO. The third-order valence-electron chi connectivity index (χ3n) is 4.15. The maximum absolute atomic E-state index is 12.7. The Balaban J connectivity index is 1.45. The largest absolute Gasteiger partial charge is 0.494 e. The highest BCUT2D eigenvalue weighted by molar-refractivity contribution is 5.21. The van der Waals surface area contributed by atoms with Crippen molar-refractivity contribution in [3.63, 3.8) is 0 Å². The molecule has 0 saturated carbocycles. The van der Waals surface area contributed by atoms with Crippen molar-refractivity contribution in [3.8, 4) is 5.75 Å². The van der Waals surface area contributed by atoms with Gasteiger partial charge in [0.05, 0.1) is 6.61 Å². The number of unbranched alkanes of at least 4 members (excludes halogenated alkanes) is 3.